The number of halogens is 2. The first-order valence-electron chi connectivity index (χ1n) is 10.3. The second-order valence-corrected chi connectivity index (χ2v) is 8.88. The number of rotatable bonds is 2. The number of hydrogen-bond acceptors (Lipinski definition) is 4. The van der Waals surface area contributed by atoms with E-state index in [9.17, 15) is 10.2 Å². The first kappa shape index (κ1) is 20.0. The van der Waals surface area contributed by atoms with E-state index in [0.717, 1.165) is 33.6 Å². The van der Waals surface area contributed by atoms with Crippen LogP contribution in [0.1, 0.15) is 22.4 Å². The van der Waals surface area contributed by atoms with Crippen LogP contribution < -0.4 is 0 Å². The van der Waals surface area contributed by atoms with Crippen LogP contribution >= 0.6 is 23.2 Å². The Morgan fingerprint density at radius 1 is 0.636 bits per heavy atom. The van der Waals surface area contributed by atoms with Crippen LogP contribution in [0.3, 0.4) is 0 Å². The van der Waals surface area contributed by atoms with Crippen molar-refractivity contribution >= 4 is 34.2 Å². The molecule has 0 aliphatic heterocycles. The van der Waals surface area contributed by atoms with Gasteiger partial charge in [0, 0.05) is 5.56 Å². The van der Waals surface area contributed by atoms with Crippen molar-refractivity contribution in [3.8, 4) is 22.8 Å². The average Bonchev–Trinajstić information content (AvgIpc) is 3.10. The minimum Gasteiger partial charge on any atom is -0.508 e. The number of phenolic OH excluding ortho intramolecular Hbond substituents is 2. The summed E-state index contributed by atoms with van der Waals surface area (Å²) in [5, 5.41) is 20.8. The van der Waals surface area contributed by atoms with E-state index in [0.29, 0.717) is 21.1 Å². The van der Waals surface area contributed by atoms with Gasteiger partial charge in [0.2, 0.25) is 0 Å². The van der Waals surface area contributed by atoms with Crippen molar-refractivity contribution in [3.63, 3.8) is 0 Å². The van der Waals surface area contributed by atoms with E-state index in [1.54, 1.807) is 36.4 Å². The summed E-state index contributed by atoms with van der Waals surface area (Å²) in [6, 6.07) is 25.8. The summed E-state index contributed by atoms with van der Waals surface area (Å²) in [6.07, 6.45) is 0. The summed E-state index contributed by atoms with van der Waals surface area (Å²) in [5.41, 5.74) is 5.84. The standard InChI is InChI=1S/C27H16Cl2N2O2/c28-21-13-23-24(14-22(21)29)31-26-25(30-23)19-3-1-2-4-20(19)27(26,15-5-9-17(32)10-6-15)16-7-11-18(33)12-8-16/h1-14,32-33H. The number of aromatic hydroxyl groups is 2. The smallest absolute Gasteiger partial charge is 0.115 e. The molecule has 1 aromatic heterocycles. The van der Waals surface area contributed by atoms with Crippen LogP contribution in [0, 0.1) is 0 Å². The number of aromatic nitrogens is 2. The summed E-state index contributed by atoms with van der Waals surface area (Å²) in [4.78, 5) is 10.1. The molecule has 1 aliphatic carbocycles. The molecule has 0 atom stereocenters. The predicted molar refractivity (Wildman–Crippen MR) is 130 cm³/mol. The minimum absolute atomic E-state index is 0.178. The zero-order valence-corrected chi connectivity index (χ0v) is 18.6. The van der Waals surface area contributed by atoms with Gasteiger partial charge in [0.1, 0.15) is 11.5 Å². The van der Waals surface area contributed by atoms with Crippen molar-refractivity contribution < 1.29 is 10.2 Å². The van der Waals surface area contributed by atoms with E-state index in [-0.39, 0.29) is 11.5 Å². The van der Waals surface area contributed by atoms with Crippen molar-refractivity contribution in [2.24, 2.45) is 0 Å². The van der Waals surface area contributed by atoms with Gasteiger partial charge in [0.15, 0.2) is 0 Å². The molecule has 33 heavy (non-hydrogen) atoms. The van der Waals surface area contributed by atoms with Crippen LogP contribution in [0.15, 0.2) is 84.9 Å². The van der Waals surface area contributed by atoms with Crippen molar-refractivity contribution in [1.29, 1.82) is 0 Å². The second-order valence-electron chi connectivity index (χ2n) is 8.07. The number of phenols is 2. The van der Waals surface area contributed by atoms with E-state index >= 15 is 0 Å². The lowest BCUT2D eigenvalue weighted by Gasteiger charge is -2.32. The fraction of sp³-hybridized carbons (Fsp3) is 0.0370. The SMILES string of the molecule is Oc1ccc(C2(c3ccc(O)cc3)c3ccccc3-c3nc4cc(Cl)c(Cl)cc4nc32)cc1. The van der Waals surface area contributed by atoms with Crippen molar-refractivity contribution in [2.45, 2.75) is 5.41 Å². The molecule has 4 aromatic carbocycles. The number of hydrogen-bond donors (Lipinski definition) is 2. The van der Waals surface area contributed by atoms with Crippen LogP contribution in [0.2, 0.25) is 10.0 Å². The zero-order chi connectivity index (χ0) is 22.7. The highest BCUT2D eigenvalue weighted by atomic mass is 35.5. The maximum atomic E-state index is 9.99. The van der Waals surface area contributed by atoms with Gasteiger partial charge >= 0.3 is 0 Å². The largest absolute Gasteiger partial charge is 0.508 e. The average molecular weight is 471 g/mol. The fourth-order valence-corrected chi connectivity index (χ4v) is 5.13. The highest BCUT2D eigenvalue weighted by Crippen LogP contribution is 2.55. The van der Waals surface area contributed by atoms with E-state index in [1.807, 2.05) is 42.5 Å². The molecule has 0 saturated carbocycles. The van der Waals surface area contributed by atoms with Gasteiger partial charge in [0.25, 0.3) is 0 Å². The Morgan fingerprint density at radius 3 is 1.73 bits per heavy atom. The highest BCUT2D eigenvalue weighted by molar-refractivity contribution is 6.42. The Morgan fingerprint density at radius 2 is 1.15 bits per heavy atom. The molecule has 4 nitrogen and oxygen atoms in total. The van der Waals surface area contributed by atoms with Crippen molar-refractivity contribution in [2.75, 3.05) is 0 Å². The molecule has 6 rings (SSSR count). The topological polar surface area (TPSA) is 66.2 Å². The highest BCUT2D eigenvalue weighted by Gasteiger charge is 2.48. The van der Waals surface area contributed by atoms with Gasteiger partial charge in [-0.1, -0.05) is 71.7 Å². The second kappa shape index (κ2) is 7.20. The number of nitrogens with zero attached hydrogens (tertiary/aromatic N) is 2. The zero-order valence-electron chi connectivity index (χ0n) is 17.1. The molecule has 0 unspecified atom stereocenters. The lowest BCUT2D eigenvalue weighted by Crippen LogP contribution is -2.29. The third kappa shape index (κ3) is 2.85. The molecule has 2 N–H and O–H groups in total. The van der Waals surface area contributed by atoms with Crippen LogP contribution in [0.25, 0.3) is 22.3 Å². The molecular formula is C27H16Cl2N2O2. The molecule has 6 heteroatoms. The van der Waals surface area contributed by atoms with Gasteiger partial charge in [-0.15, -0.1) is 0 Å². The molecule has 5 aromatic rings. The summed E-state index contributed by atoms with van der Waals surface area (Å²) in [7, 11) is 0. The summed E-state index contributed by atoms with van der Waals surface area (Å²) in [6.45, 7) is 0. The summed E-state index contributed by atoms with van der Waals surface area (Å²) >= 11 is 12.6. The van der Waals surface area contributed by atoms with E-state index in [2.05, 4.69) is 6.07 Å². The Hall–Kier alpha value is -3.60. The van der Waals surface area contributed by atoms with Gasteiger partial charge in [0.05, 0.1) is 37.9 Å². The maximum absolute atomic E-state index is 9.99. The molecule has 0 amide bonds. The summed E-state index contributed by atoms with van der Waals surface area (Å²) < 4.78 is 0. The third-order valence-corrected chi connectivity index (χ3v) is 6.97. The molecular weight excluding hydrogens is 455 g/mol. The Balaban J connectivity index is 1.80. The van der Waals surface area contributed by atoms with Crippen LogP contribution in [0.5, 0.6) is 11.5 Å². The van der Waals surface area contributed by atoms with Gasteiger partial charge in [-0.25, -0.2) is 9.97 Å². The van der Waals surface area contributed by atoms with Gasteiger partial charge in [-0.05, 0) is 53.1 Å². The van der Waals surface area contributed by atoms with Gasteiger partial charge in [-0.3, -0.25) is 0 Å². The first-order valence-corrected chi connectivity index (χ1v) is 11.1. The normalized spacial score (nSPS) is 13.6. The van der Waals surface area contributed by atoms with Gasteiger partial charge < -0.3 is 10.2 Å². The Labute approximate surface area is 199 Å². The monoisotopic (exact) mass is 470 g/mol. The molecule has 0 spiro atoms. The number of benzene rings is 4. The molecule has 0 bridgehead atoms. The molecule has 160 valence electrons. The van der Waals surface area contributed by atoms with E-state index in [1.165, 1.54) is 0 Å². The van der Waals surface area contributed by atoms with Gasteiger partial charge in [-0.2, -0.15) is 0 Å². The van der Waals surface area contributed by atoms with Crippen LogP contribution in [-0.4, -0.2) is 20.2 Å². The molecule has 0 radical (unpaired) electrons. The molecule has 0 saturated heterocycles. The first-order chi connectivity index (χ1) is 16.0. The lowest BCUT2D eigenvalue weighted by molar-refractivity contribution is 0.474. The summed E-state index contributed by atoms with van der Waals surface area (Å²) in [5.74, 6) is 0.356. The van der Waals surface area contributed by atoms with Crippen LogP contribution in [-0.2, 0) is 5.41 Å². The third-order valence-electron chi connectivity index (χ3n) is 6.25. The fourth-order valence-electron chi connectivity index (χ4n) is 4.82. The van der Waals surface area contributed by atoms with Crippen molar-refractivity contribution in [3.05, 3.63) is 117 Å². The minimum atomic E-state index is -0.805. The Bertz CT molecular complexity index is 1500. The quantitative estimate of drug-likeness (QED) is 0.295. The van der Waals surface area contributed by atoms with E-state index in [4.69, 9.17) is 33.2 Å². The Kier molecular flexibility index (Phi) is 4.37. The lowest BCUT2D eigenvalue weighted by atomic mass is 9.69. The predicted octanol–water partition coefficient (Wildman–Crippen LogP) is 6.71. The van der Waals surface area contributed by atoms with E-state index < -0.39 is 5.41 Å². The molecule has 0 fully saturated rings. The van der Waals surface area contributed by atoms with Crippen molar-refractivity contribution in [1.82, 2.24) is 9.97 Å². The number of fused-ring (bicyclic) bond motifs is 4. The maximum Gasteiger partial charge on any atom is 0.115 e. The van der Waals surface area contributed by atoms with Crippen LogP contribution in [0.4, 0.5) is 0 Å². The molecule has 1 aliphatic rings. The molecule has 1 heterocycles.